The molecule has 0 aliphatic carbocycles. The minimum atomic E-state index is 0.718. The second-order valence-corrected chi connectivity index (χ2v) is 5.09. The molecule has 0 aliphatic rings. The monoisotopic (exact) mass is 223 g/mol. The number of nitrogens with zero attached hydrogens (tertiary/aromatic N) is 2. The number of nitrogens with one attached hydrogen (secondary N) is 1. The Labute approximate surface area is 99.4 Å². The van der Waals surface area contributed by atoms with Gasteiger partial charge in [-0.05, 0) is 38.2 Å². The van der Waals surface area contributed by atoms with Gasteiger partial charge in [-0.3, -0.25) is 0 Å². The number of likely N-dealkylation sites (N-methyl/N-ethyl adjacent to an activating group) is 1. The average Bonchev–Trinajstić information content (AvgIpc) is 2.62. The van der Waals surface area contributed by atoms with Gasteiger partial charge in [0.1, 0.15) is 0 Å². The summed E-state index contributed by atoms with van der Waals surface area (Å²) in [5.41, 5.74) is 1.37. The van der Waals surface area contributed by atoms with Crippen molar-refractivity contribution in [1.29, 1.82) is 0 Å². The van der Waals surface area contributed by atoms with Crippen LogP contribution in [0, 0.1) is 5.92 Å². The van der Waals surface area contributed by atoms with Crippen LogP contribution in [0.15, 0.2) is 18.5 Å². The summed E-state index contributed by atoms with van der Waals surface area (Å²) >= 11 is 0. The third kappa shape index (κ3) is 5.33. The van der Waals surface area contributed by atoms with E-state index in [1.807, 2.05) is 0 Å². The number of hydrogen-bond acceptors (Lipinski definition) is 2. The van der Waals surface area contributed by atoms with E-state index in [9.17, 15) is 0 Å². The van der Waals surface area contributed by atoms with Gasteiger partial charge in [-0.1, -0.05) is 13.8 Å². The highest BCUT2D eigenvalue weighted by molar-refractivity contribution is 5.09. The fourth-order valence-electron chi connectivity index (χ4n) is 1.55. The molecule has 16 heavy (non-hydrogen) atoms. The van der Waals surface area contributed by atoms with E-state index in [4.69, 9.17) is 0 Å². The van der Waals surface area contributed by atoms with Crippen LogP contribution in [0.2, 0.25) is 0 Å². The molecule has 1 aromatic rings. The van der Waals surface area contributed by atoms with E-state index in [2.05, 4.69) is 61.2 Å². The third-order valence-corrected chi connectivity index (χ3v) is 2.50. The smallest absolute Gasteiger partial charge is 0.0347 e. The van der Waals surface area contributed by atoms with Crippen LogP contribution in [0.25, 0.3) is 0 Å². The maximum atomic E-state index is 3.46. The van der Waals surface area contributed by atoms with E-state index in [0.717, 1.165) is 32.1 Å². The summed E-state index contributed by atoms with van der Waals surface area (Å²) in [6, 6.07) is 2.20. The van der Waals surface area contributed by atoms with Crippen molar-refractivity contribution >= 4 is 0 Å². The first-order valence-corrected chi connectivity index (χ1v) is 6.08. The molecule has 0 aromatic carbocycles. The van der Waals surface area contributed by atoms with Gasteiger partial charge in [0, 0.05) is 32.0 Å². The molecular formula is C13H25N3. The Balaban J connectivity index is 2.28. The van der Waals surface area contributed by atoms with Crippen LogP contribution in [0.3, 0.4) is 0 Å². The lowest BCUT2D eigenvalue weighted by Crippen LogP contribution is -2.19. The summed E-state index contributed by atoms with van der Waals surface area (Å²) in [5, 5.41) is 3.46. The van der Waals surface area contributed by atoms with Crippen molar-refractivity contribution in [2.24, 2.45) is 5.92 Å². The molecule has 0 unspecified atom stereocenters. The zero-order chi connectivity index (χ0) is 12.0. The SMILES string of the molecule is CC(C)CNCc1ccn(CCN(C)C)c1. The molecule has 1 rings (SSSR count). The van der Waals surface area contributed by atoms with Gasteiger partial charge in [-0.2, -0.15) is 0 Å². The molecule has 92 valence electrons. The second kappa shape index (κ2) is 6.71. The molecule has 0 radical (unpaired) electrons. The first-order chi connectivity index (χ1) is 7.58. The average molecular weight is 223 g/mol. The zero-order valence-corrected chi connectivity index (χ0v) is 11.0. The van der Waals surface area contributed by atoms with Gasteiger partial charge in [0.15, 0.2) is 0 Å². The Hall–Kier alpha value is -0.800. The number of rotatable bonds is 7. The van der Waals surface area contributed by atoms with Crippen LogP contribution in [0.1, 0.15) is 19.4 Å². The van der Waals surface area contributed by atoms with Gasteiger partial charge >= 0.3 is 0 Å². The minimum absolute atomic E-state index is 0.718. The van der Waals surface area contributed by atoms with Crippen LogP contribution in [0.5, 0.6) is 0 Å². The standard InChI is InChI=1S/C13H25N3/c1-12(2)9-14-10-13-5-6-16(11-13)8-7-15(3)4/h5-6,11-12,14H,7-10H2,1-4H3. The van der Waals surface area contributed by atoms with Crippen molar-refractivity contribution in [2.75, 3.05) is 27.2 Å². The first kappa shape index (κ1) is 13.3. The van der Waals surface area contributed by atoms with E-state index < -0.39 is 0 Å². The Morgan fingerprint density at radius 3 is 2.75 bits per heavy atom. The quantitative estimate of drug-likeness (QED) is 0.760. The van der Waals surface area contributed by atoms with Gasteiger partial charge in [-0.25, -0.2) is 0 Å². The highest BCUT2D eigenvalue weighted by Crippen LogP contribution is 2.01. The van der Waals surface area contributed by atoms with Crippen molar-refractivity contribution in [3.8, 4) is 0 Å². The fourth-order valence-corrected chi connectivity index (χ4v) is 1.55. The largest absolute Gasteiger partial charge is 0.353 e. The topological polar surface area (TPSA) is 20.2 Å². The Kier molecular flexibility index (Phi) is 5.56. The molecule has 0 aliphatic heterocycles. The summed E-state index contributed by atoms with van der Waals surface area (Å²) < 4.78 is 2.26. The summed E-state index contributed by atoms with van der Waals surface area (Å²) in [5.74, 6) is 0.718. The summed E-state index contributed by atoms with van der Waals surface area (Å²) in [4.78, 5) is 2.21. The molecule has 1 aromatic heterocycles. The highest BCUT2D eigenvalue weighted by Gasteiger charge is 1.98. The Morgan fingerprint density at radius 2 is 2.12 bits per heavy atom. The first-order valence-electron chi connectivity index (χ1n) is 6.08. The molecule has 3 heteroatoms. The van der Waals surface area contributed by atoms with Crippen molar-refractivity contribution in [2.45, 2.75) is 26.9 Å². The molecule has 0 bridgehead atoms. The third-order valence-electron chi connectivity index (χ3n) is 2.50. The normalized spacial score (nSPS) is 11.6. The van der Waals surface area contributed by atoms with Crippen LogP contribution in [0.4, 0.5) is 0 Å². The van der Waals surface area contributed by atoms with Crippen LogP contribution < -0.4 is 5.32 Å². The van der Waals surface area contributed by atoms with Gasteiger partial charge in [0.2, 0.25) is 0 Å². The second-order valence-electron chi connectivity index (χ2n) is 5.09. The van der Waals surface area contributed by atoms with Crippen molar-refractivity contribution in [3.05, 3.63) is 24.0 Å². The molecule has 1 N–H and O–H groups in total. The van der Waals surface area contributed by atoms with Crippen molar-refractivity contribution < 1.29 is 0 Å². The Bertz CT molecular complexity index is 289. The summed E-state index contributed by atoms with van der Waals surface area (Å²) in [7, 11) is 4.21. The van der Waals surface area contributed by atoms with Gasteiger partial charge in [-0.15, -0.1) is 0 Å². The van der Waals surface area contributed by atoms with E-state index in [1.165, 1.54) is 5.56 Å². The zero-order valence-electron chi connectivity index (χ0n) is 11.0. The lowest BCUT2D eigenvalue weighted by Gasteiger charge is -2.09. The molecule has 0 spiro atoms. The maximum absolute atomic E-state index is 3.46. The molecule has 1 heterocycles. The van der Waals surface area contributed by atoms with Crippen LogP contribution >= 0.6 is 0 Å². The van der Waals surface area contributed by atoms with Crippen molar-refractivity contribution in [3.63, 3.8) is 0 Å². The molecule has 0 amide bonds. The van der Waals surface area contributed by atoms with E-state index >= 15 is 0 Å². The molecule has 0 fully saturated rings. The lowest BCUT2D eigenvalue weighted by molar-refractivity contribution is 0.384. The molecule has 3 nitrogen and oxygen atoms in total. The number of hydrogen-bond donors (Lipinski definition) is 1. The van der Waals surface area contributed by atoms with E-state index in [0.29, 0.717) is 0 Å². The van der Waals surface area contributed by atoms with Gasteiger partial charge < -0.3 is 14.8 Å². The van der Waals surface area contributed by atoms with E-state index in [1.54, 1.807) is 0 Å². The predicted molar refractivity (Wildman–Crippen MR) is 69.5 cm³/mol. The lowest BCUT2D eigenvalue weighted by atomic mass is 10.2. The van der Waals surface area contributed by atoms with Crippen molar-refractivity contribution in [1.82, 2.24) is 14.8 Å². The highest BCUT2D eigenvalue weighted by atomic mass is 15.1. The predicted octanol–water partition coefficient (Wildman–Crippen LogP) is 1.80. The minimum Gasteiger partial charge on any atom is -0.353 e. The fraction of sp³-hybridized carbons (Fsp3) is 0.692. The number of aromatic nitrogens is 1. The maximum Gasteiger partial charge on any atom is 0.0347 e. The van der Waals surface area contributed by atoms with Gasteiger partial charge in [0.05, 0.1) is 0 Å². The molecule has 0 saturated heterocycles. The molecule has 0 saturated carbocycles. The molecule has 0 atom stereocenters. The summed E-state index contributed by atoms with van der Waals surface area (Å²) in [6.07, 6.45) is 4.40. The Morgan fingerprint density at radius 1 is 1.38 bits per heavy atom. The molecular weight excluding hydrogens is 198 g/mol. The summed E-state index contributed by atoms with van der Waals surface area (Å²) in [6.45, 7) is 8.69. The van der Waals surface area contributed by atoms with E-state index in [-0.39, 0.29) is 0 Å². The van der Waals surface area contributed by atoms with Gasteiger partial charge in [0.25, 0.3) is 0 Å². The van der Waals surface area contributed by atoms with Crippen LogP contribution in [-0.4, -0.2) is 36.7 Å². The van der Waals surface area contributed by atoms with Crippen LogP contribution in [-0.2, 0) is 13.1 Å².